The summed E-state index contributed by atoms with van der Waals surface area (Å²) in [5.74, 6) is 0.177. The number of carboxylic acid groups (broad SMARTS) is 1. The van der Waals surface area contributed by atoms with Gasteiger partial charge in [-0.05, 0) is 24.6 Å². The number of nitrogens with one attached hydrogen (secondary N) is 1. The zero-order chi connectivity index (χ0) is 15.0. The lowest BCUT2D eigenvalue weighted by molar-refractivity contribution is 0.0698. The van der Waals surface area contributed by atoms with Gasteiger partial charge in [-0.15, -0.1) is 0 Å². The van der Waals surface area contributed by atoms with Crippen molar-refractivity contribution in [3.8, 4) is 5.75 Å². The smallest absolute Gasteiger partial charge is 0.341 e. The topological polar surface area (TPSA) is 76.4 Å². The highest BCUT2D eigenvalue weighted by Crippen LogP contribution is 2.34. The van der Waals surface area contributed by atoms with E-state index >= 15 is 0 Å². The van der Waals surface area contributed by atoms with Crippen molar-refractivity contribution in [2.45, 2.75) is 19.5 Å². The normalized spacial score (nSPS) is 16.4. The second kappa shape index (κ2) is 5.29. The Kier molecular flexibility index (Phi) is 3.47. The third kappa shape index (κ3) is 2.42. The van der Waals surface area contributed by atoms with Crippen LogP contribution in [-0.2, 0) is 6.54 Å². The van der Waals surface area contributed by atoms with Crippen LogP contribution in [0.15, 0.2) is 24.4 Å². The summed E-state index contributed by atoms with van der Waals surface area (Å²) in [5.41, 5.74) is 1.14. The molecule has 6 nitrogen and oxygen atoms in total. The van der Waals surface area contributed by atoms with Crippen molar-refractivity contribution in [3.05, 3.63) is 40.5 Å². The lowest BCUT2D eigenvalue weighted by Crippen LogP contribution is -2.09. The summed E-state index contributed by atoms with van der Waals surface area (Å²) >= 11 is 6.18. The van der Waals surface area contributed by atoms with E-state index in [1.54, 1.807) is 4.68 Å². The molecule has 0 saturated carbocycles. The molecule has 1 atom stereocenters. The van der Waals surface area contributed by atoms with Crippen molar-refractivity contribution in [2.24, 2.45) is 0 Å². The largest absolute Gasteiger partial charge is 0.492 e. The van der Waals surface area contributed by atoms with Crippen LogP contribution in [0.3, 0.4) is 0 Å². The number of nitrogens with zero attached hydrogens (tertiary/aromatic N) is 2. The Bertz CT molecular complexity index is 699. The Morgan fingerprint density at radius 1 is 1.62 bits per heavy atom. The van der Waals surface area contributed by atoms with E-state index in [1.165, 1.54) is 6.20 Å². The number of hydrogen-bond donors (Lipinski definition) is 2. The summed E-state index contributed by atoms with van der Waals surface area (Å²) in [4.78, 5) is 11.1. The molecule has 1 aliphatic rings. The summed E-state index contributed by atoms with van der Waals surface area (Å²) in [6.07, 6.45) is 1.35. The van der Waals surface area contributed by atoms with E-state index in [9.17, 15) is 4.79 Å². The molecule has 0 aliphatic carbocycles. The van der Waals surface area contributed by atoms with Crippen LogP contribution in [0.4, 0.5) is 5.82 Å². The maximum absolute atomic E-state index is 11.1. The Hall–Kier alpha value is -2.21. The minimum Gasteiger partial charge on any atom is -0.492 e. The maximum Gasteiger partial charge on any atom is 0.341 e. The molecule has 2 aromatic rings. The number of carboxylic acids is 1. The fourth-order valence-electron chi connectivity index (χ4n) is 2.41. The highest BCUT2D eigenvalue weighted by molar-refractivity contribution is 6.32. The first kappa shape index (κ1) is 13.8. The van der Waals surface area contributed by atoms with Gasteiger partial charge in [0.15, 0.2) is 0 Å². The summed E-state index contributed by atoms with van der Waals surface area (Å²) < 4.78 is 7.06. The molecule has 1 aromatic heterocycles. The SMILES string of the molecule is CCOc1ccc([C@@H]2Cn3ncc(C(=O)O)c3N2)cc1Cl. The Morgan fingerprint density at radius 2 is 2.43 bits per heavy atom. The lowest BCUT2D eigenvalue weighted by Gasteiger charge is -2.13. The van der Waals surface area contributed by atoms with Gasteiger partial charge in [-0.2, -0.15) is 5.10 Å². The fourth-order valence-corrected chi connectivity index (χ4v) is 2.65. The summed E-state index contributed by atoms with van der Waals surface area (Å²) in [6.45, 7) is 3.01. The molecule has 0 fully saturated rings. The highest BCUT2D eigenvalue weighted by atomic mass is 35.5. The zero-order valence-corrected chi connectivity index (χ0v) is 12.1. The van der Waals surface area contributed by atoms with Crippen LogP contribution >= 0.6 is 11.6 Å². The van der Waals surface area contributed by atoms with Gasteiger partial charge in [0, 0.05) is 0 Å². The Balaban J connectivity index is 1.84. The quantitative estimate of drug-likeness (QED) is 0.908. The van der Waals surface area contributed by atoms with E-state index in [1.807, 2.05) is 25.1 Å². The van der Waals surface area contributed by atoms with E-state index in [2.05, 4.69) is 10.4 Å². The molecule has 0 amide bonds. The molecule has 0 saturated heterocycles. The van der Waals surface area contributed by atoms with Gasteiger partial charge in [0.1, 0.15) is 17.1 Å². The average Bonchev–Trinajstić information content (AvgIpc) is 3.00. The first-order valence-electron chi connectivity index (χ1n) is 6.58. The van der Waals surface area contributed by atoms with E-state index in [4.69, 9.17) is 21.4 Å². The van der Waals surface area contributed by atoms with Gasteiger partial charge in [-0.25, -0.2) is 9.48 Å². The Labute approximate surface area is 126 Å². The number of halogens is 1. The molecule has 2 N–H and O–H groups in total. The van der Waals surface area contributed by atoms with Crippen LogP contribution in [0.2, 0.25) is 5.02 Å². The third-order valence-electron chi connectivity index (χ3n) is 3.39. The van der Waals surface area contributed by atoms with E-state index in [-0.39, 0.29) is 11.6 Å². The number of aromatic carboxylic acids is 1. The van der Waals surface area contributed by atoms with Crippen LogP contribution in [0.25, 0.3) is 0 Å². The van der Waals surface area contributed by atoms with E-state index in [0.717, 1.165) is 5.56 Å². The molecule has 0 radical (unpaired) electrons. The van der Waals surface area contributed by atoms with Crippen molar-refractivity contribution in [3.63, 3.8) is 0 Å². The van der Waals surface area contributed by atoms with Crippen LogP contribution in [0.5, 0.6) is 5.75 Å². The zero-order valence-electron chi connectivity index (χ0n) is 11.3. The molecule has 21 heavy (non-hydrogen) atoms. The van der Waals surface area contributed by atoms with E-state index in [0.29, 0.717) is 29.7 Å². The molecular formula is C14H14ClN3O3. The molecule has 110 valence electrons. The van der Waals surface area contributed by atoms with Crippen molar-refractivity contribution < 1.29 is 14.6 Å². The van der Waals surface area contributed by atoms with Crippen molar-refractivity contribution in [1.29, 1.82) is 0 Å². The summed E-state index contributed by atoms with van der Waals surface area (Å²) in [5, 5.41) is 16.9. The number of carbonyl (C=O) groups is 1. The molecule has 0 bridgehead atoms. The lowest BCUT2D eigenvalue weighted by atomic mass is 10.1. The van der Waals surface area contributed by atoms with E-state index < -0.39 is 5.97 Å². The monoisotopic (exact) mass is 307 g/mol. The van der Waals surface area contributed by atoms with Crippen LogP contribution in [0, 0.1) is 0 Å². The van der Waals surface area contributed by atoms with Gasteiger partial charge in [0.25, 0.3) is 0 Å². The van der Waals surface area contributed by atoms with Crippen molar-refractivity contribution in [2.75, 3.05) is 11.9 Å². The molecule has 1 aliphatic heterocycles. The molecule has 3 rings (SSSR count). The minimum absolute atomic E-state index is 0.0556. The number of hydrogen-bond acceptors (Lipinski definition) is 4. The average molecular weight is 308 g/mol. The van der Waals surface area contributed by atoms with Gasteiger partial charge in [-0.1, -0.05) is 17.7 Å². The van der Waals surface area contributed by atoms with Gasteiger partial charge in [0.05, 0.1) is 30.4 Å². The molecule has 2 heterocycles. The summed E-state index contributed by atoms with van der Waals surface area (Å²) in [6, 6.07) is 5.51. The fraction of sp³-hybridized carbons (Fsp3) is 0.286. The van der Waals surface area contributed by atoms with Gasteiger partial charge in [-0.3, -0.25) is 0 Å². The molecule has 7 heteroatoms. The third-order valence-corrected chi connectivity index (χ3v) is 3.69. The number of rotatable bonds is 4. The number of ether oxygens (including phenoxy) is 1. The summed E-state index contributed by atoms with van der Waals surface area (Å²) in [7, 11) is 0. The first-order chi connectivity index (χ1) is 10.1. The predicted octanol–water partition coefficient (Wildman–Crippen LogP) is 2.80. The molecule has 0 spiro atoms. The second-order valence-electron chi connectivity index (χ2n) is 4.71. The maximum atomic E-state index is 11.1. The van der Waals surface area contributed by atoms with Crippen LogP contribution in [-0.4, -0.2) is 27.5 Å². The van der Waals surface area contributed by atoms with Crippen molar-refractivity contribution >= 4 is 23.4 Å². The van der Waals surface area contributed by atoms with Crippen LogP contribution < -0.4 is 10.1 Å². The number of anilines is 1. The number of fused-ring (bicyclic) bond motifs is 1. The number of aromatic nitrogens is 2. The minimum atomic E-state index is -0.992. The van der Waals surface area contributed by atoms with Gasteiger partial charge >= 0.3 is 5.97 Å². The predicted molar refractivity (Wildman–Crippen MR) is 78.2 cm³/mol. The molecular weight excluding hydrogens is 294 g/mol. The standard InChI is InChI=1S/C14H14ClN3O3/c1-2-21-12-4-3-8(5-10(12)15)11-7-18-13(17-11)9(6-16-18)14(19)20/h3-6,11,17H,2,7H2,1H3,(H,19,20)/t11-/m0/s1. The Morgan fingerprint density at radius 3 is 3.10 bits per heavy atom. The number of benzene rings is 1. The van der Waals surface area contributed by atoms with Gasteiger partial charge in [0.2, 0.25) is 0 Å². The van der Waals surface area contributed by atoms with Gasteiger partial charge < -0.3 is 15.2 Å². The molecule has 1 aromatic carbocycles. The first-order valence-corrected chi connectivity index (χ1v) is 6.95. The second-order valence-corrected chi connectivity index (χ2v) is 5.12. The molecule has 0 unspecified atom stereocenters. The van der Waals surface area contributed by atoms with Crippen LogP contribution in [0.1, 0.15) is 28.9 Å². The van der Waals surface area contributed by atoms with Crippen molar-refractivity contribution in [1.82, 2.24) is 9.78 Å². The highest BCUT2D eigenvalue weighted by Gasteiger charge is 2.28.